The number of carbonyl (C=O) groups is 1. The van der Waals surface area contributed by atoms with E-state index in [9.17, 15) is 9.18 Å². The molecule has 8 nitrogen and oxygen atoms in total. The van der Waals surface area contributed by atoms with Crippen LogP contribution in [0.2, 0.25) is 5.02 Å². The van der Waals surface area contributed by atoms with Gasteiger partial charge in [0.25, 0.3) is 0 Å². The summed E-state index contributed by atoms with van der Waals surface area (Å²) in [5.41, 5.74) is 7.23. The summed E-state index contributed by atoms with van der Waals surface area (Å²) < 4.78 is 16.7. The fraction of sp³-hybridized carbons (Fsp3) is 0.308. The summed E-state index contributed by atoms with van der Waals surface area (Å²) >= 11 is 6.12. The number of amides is 1. The zero-order valence-corrected chi connectivity index (χ0v) is 20.8. The highest BCUT2D eigenvalue weighted by Crippen LogP contribution is 2.34. The first kappa shape index (κ1) is 24.1. The molecule has 3 N–H and O–H groups in total. The van der Waals surface area contributed by atoms with Crippen molar-refractivity contribution in [3.05, 3.63) is 65.7 Å². The Hall–Kier alpha value is -3.56. The predicted octanol–water partition coefficient (Wildman–Crippen LogP) is 4.10. The Morgan fingerprint density at radius 2 is 1.81 bits per heavy atom. The molecule has 0 atom stereocenters. The Morgan fingerprint density at radius 1 is 1.11 bits per heavy atom. The summed E-state index contributed by atoms with van der Waals surface area (Å²) in [5, 5.41) is 3.95. The number of nitrogens with two attached hydrogens (primary N) is 1. The van der Waals surface area contributed by atoms with Crippen molar-refractivity contribution >= 4 is 34.5 Å². The Balaban J connectivity index is 1.61. The lowest BCUT2D eigenvalue weighted by Crippen LogP contribution is -2.62. The summed E-state index contributed by atoms with van der Waals surface area (Å²) in [6, 6.07) is 13.9. The van der Waals surface area contributed by atoms with E-state index in [1.165, 1.54) is 12.4 Å². The van der Waals surface area contributed by atoms with Crippen LogP contribution in [0.25, 0.3) is 28.2 Å². The largest absolute Gasteiger partial charge is 0.368 e. The number of fused-ring (bicyclic) bond motifs is 1. The van der Waals surface area contributed by atoms with E-state index >= 15 is 0 Å². The van der Waals surface area contributed by atoms with Gasteiger partial charge in [0.15, 0.2) is 17.0 Å². The molecule has 10 heteroatoms. The normalized spacial score (nSPS) is 15.5. The van der Waals surface area contributed by atoms with E-state index in [1.54, 1.807) is 30.3 Å². The van der Waals surface area contributed by atoms with Crippen LogP contribution in [-0.4, -0.2) is 50.1 Å². The molecular weight excluding hydrogens is 481 g/mol. The van der Waals surface area contributed by atoms with Crippen LogP contribution in [0.3, 0.4) is 0 Å². The molecule has 2 aromatic carbocycles. The molecule has 1 amide bonds. The number of aromatic nitrogens is 4. The Morgan fingerprint density at radius 3 is 2.44 bits per heavy atom. The number of nitrogens with zero attached hydrogens (tertiary/aromatic N) is 5. The van der Waals surface area contributed by atoms with Crippen LogP contribution in [0.5, 0.6) is 0 Å². The Labute approximate surface area is 213 Å². The highest BCUT2D eigenvalue weighted by Gasteiger charge is 2.41. The molecule has 0 saturated carbocycles. The topological polar surface area (TPSA) is 102 Å². The van der Waals surface area contributed by atoms with Crippen molar-refractivity contribution in [3.63, 3.8) is 0 Å². The molecular formula is C26H27ClFN7O. The number of halogens is 2. The summed E-state index contributed by atoms with van der Waals surface area (Å²) in [6.07, 6.45) is 2.55. The molecule has 0 aliphatic carbocycles. The first-order valence-electron chi connectivity index (χ1n) is 11.9. The zero-order valence-electron chi connectivity index (χ0n) is 20.1. The number of nitrogens with one attached hydrogen (secondary N) is 1. The van der Waals surface area contributed by atoms with Crippen LogP contribution < -0.4 is 16.0 Å². The molecule has 1 aliphatic heterocycles. The lowest BCUT2D eigenvalue weighted by molar-refractivity contribution is -0.125. The van der Waals surface area contributed by atoms with Gasteiger partial charge in [-0.2, -0.15) is 0 Å². The molecule has 0 radical (unpaired) electrons. The van der Waals surface area contributed by atoms with E-state index in [0.29, 0.717) is 59.3 Å². The molecule has 0 bridgehead atoms. The van der Waals surface area contributed by atoms with Gasteiger partial charge in [-0.05, 0) is 63.1 Å². The number of piperidine rings is 1. The van der Waals surface area contributed by atoms with E-state index in [0.717, 1.165) is 5.69 Å². The van der Waals surface area contributed by atoms with Crippen molar-refractivity contribution in [1.82, 2.24) is 24.8 Å². The lowest BCUT2D eigenvalue weighted by atomic mass is 9.86. The van der Waals surface area contributed by atoms with Gasteiger partial charge >= 0.3 is 0 Å². The maximum absolute atomic E-state index is 14.9. The fourth-order valence-corrected chi connectivity index (χ4v) is 5.01. The van der Waals surface area contributed by atoms with Gasteiger partial charge in [-0.15, -0.1) is 0 Å². The minimum Gasteiger partial charge on any atom is -0.368 e. The Kier molecular flexibility index (Phi) is 6.36. The third-order valence-electron chi connectivity index (χ3n) is 6.58. The minimum atomic E-state index is -0.766. The van der Waals surface area contributed by atoms with E-state index < -0.39 is 5.54 Å². The maximum Gasteiger partial charge on any atom is 0.237 e. The van der Waals surface area contributed by atoms with Crippen LogP contribution in [0, 0.1) is 5.82 Å². The van der Waals surface area contributed by atoms with Gasteiger partial charge in [-0.1, -0.05) is 23.7 Å². The molecule has 1 fully saturated rings. The van der Waals surface area contributed by atoms with Crippen molar-refractivity contribution in [2.75, 3.05) is 18.0 Å². The second-order valence-electron chi connectivity index (χ2n) is 9.33. The second kappa shape index (κ2) is 9.48. The molecule has 4 aromatic rings. The maximum atomic E-state index is 14.9. The molecule has 1 aliphatic rings. The summed E-state index contributed by atoms with van der Waals surface area (Å²) in [7, 11) is 0. The van der Waals surface area contributed by atoms with Gasteiger partial charge in [-0.25, -0.2) is 19.3 Å². The van der Waals surface area contributed by atoms with E-state index in [1.807, 2.05) is 30.5 Å². The number of carbonyl (C=O) groups excluding carboxylic acids is 1. The molecule has 36 heavy (non-hydrogen) atoms. The molecule has 1 saturated heterocycles. The molecule has 0 unspecified atom stereocenters. The fourth-order valence-electron chi connectivity index (χ4n) is 4.88. The van der Waals surface area contributed by atoms with Gasteiger partial charge in [-0.3, -0.25) is 9.36 Å². The predicted molar refractivity (Wildman–Crippen MR) is 139 cm³/mol. The minimum absolute atomic E-state index is 0.119. The second-order valence-corrected chi connectivity index (χ2v) is 9.77. The SMILES string of the molecule is CC(C)NC1(C(N)=O)CCN(c2ncnc3c2nc(-c2ccccc2F)n3-c2ccc(Cl)cc2)CC1. The number of imidazole rings is 1. The monoisotopic (exact) mass is 507 g/mol. The number of anilines is 1. The molecule has 2 aromatic heterocycles. The van der Waals surface area contributed by atoms with Crippen molar-refractivity contribution in [3.8, 4) is 17.1 Å². The summed E-state index contributed by atoms with van der Waals surface area (Å²) in [5.74, 6) is 0.309. The smallest absolute Gasteiger partial charge is 0.237 e. The Bertz CT molecular complexity index is 1410. The van der Waals surface area contributed by atoms with Gasteiger partial charge in [0, 0.05) is 29.8 Å². The van der Waals surface area contributed by atoms with E-state index in [4.69, 9.17) is 22.3 Å². The molecule has 0 spiro atoms. The molecule has 5 rings (SSSR count). The van der Waals surface area contributed by atoms with Crippen LogP contribution >= 0.6 is 11.6 Å². The summed E-state index contributed by atoms with van der Waals surface area (Å²) in [4.78, 5) is 28.4. The first-order valence-corrected chi connectivity index (χ1v) is 12.2. The van der Waals surface area contributed by atoms with Crippen LogP contribution in [0.1, 0.15) is 26.7 Å². The third kappa shape index (κ3) is 4.29. The van der Waals surface area contributed by atoms with Crippen LogP contribution in [-0.2, 0) is 4.79 Å². The van der Waals surface area contributed by atoms with Crippen LogP contribution in [0.15, 0.2) is 54.9 Å². The number of hydrogen-bond donors (Lipinski definition) is 2. The quantitative estimate of drug-likeness (QED) is 0.407. The van der Waals surface area contributed by atoms with Crippen molar-refractivity contribution < 1.29 is 9.18 Å². The first-order chi connectivity index (χ1) is 17.3. The molecule has 186 valence electrons. The zero-order chi connectivity index (χ0) is 25.4. The van der Waals surface area contributed by atoms with E-state index in [2.05, 4.69) is 20.2 Å². The highest BCUT2D eigenvalue weighted by molar-refractivity contribution is 6.30. The van der Waals surface area contributed by atoms with E-state index in [-0.39, 0.29) is 17.8 Å². The lowest BCUT2D eigenvalue weighted by Gasteiger charge is -2.41. The molecule has 3 heterocycles. The number of rotatable bonds is 6. The van der Waals surface area contributed by atoms with Gasteiger partial charge in [0.2, 0.25) is 5.91 Å². The van der Waals surface area contributed by atoms with Gasteiger partial charge in [0.05, 0.1) is 5.56 Å². The standard InChI is InChI=1S/C26H27ClFN7O/c1-16(2)33-26(25(29)36)11-13-34(14-12-26)23-21-24(31-15-30-23)35(18-9-7-17(27)8-10-18)22(32-21)19-5-3-4-6-20(19)28/h3-10,15-16,33H,11-14H2,1-2H3,(H2,29,36). The van der Waals surface area contributed by atoms with Crippen LogP contribution in [0.4, 0.5) is 10.2 Å². The number of benzene rings is 2. The number of primary amides is 1. The highest BCUT2D eigenvalue weighted by atomic mass is 35.5. The van der Waals surface area contributed by atoms with Gasteiger partial charge < -0.3 is 16.0 Å². The van der Waals surface area contributed by atoms with Gasteiger partial charge in [0.1, 0.15) is 23.5 Å². The van der Waals surface area contributed by atoms with Crippen molar-refractivity contribution in [1.29, 1.82) is 0 Å². The average molecular weight is 508 g/mol. The van der Waals surface area contributed by atoms with Crippen molar-refractivity contribution in [2.45, 2.75) is 38.3 Å². The third-order valence-corrected chi connectivity index (χ3v) is 6.83. The average Bonchev–Trinajstić information content (AvgIpc) is 3.24. The summed E-state index contributed by atoms with van der Waals surface area (Å²) in [6.45, 7) is 5.10. The van der Waals surface area contributed by atoms with Crippen molar-refractivity contribution in [2.24, 2.45) is 5.73 Å². The number of hydrogen-bond acceptors (Lipinski definition) is 6.